The van der Waals surface area contributed by atoms with Crippen LogP contribution in [0, 0.1) is 10.1 Å². The van der Waals surface area contributed by atoms with Crippen LogP contribution < -0.4 is 0 Å². The molecule has 0 aromatic rings. The van der Waals surface area contributed by atoms with E-state index in [1.807, 2.05) is 0 Å². The molecule has 10 heteroatoms. The molecular weight excluding hydrogens is 290 g/mol. The van der Waals surface area contributed by atoms with Crippen LogP contribution in [-0.4, -0.2) is 41.1 Å². The lowest BCUT2D eigenvalue weighted by molar-refractivity contribution is -0.574. The van der Waals surface area contributed by atoms with E-state index >= 15 is 0 Å². The highest BCUT2D eigenvalue weighted by molar-refractivity contribution is 5.69. The summed E-state index contributed by atoms with van der Waals surface area (Å²) in [5.41, 5.74) is 0. The molecule has 1 aliphatic rings. The highest BCUT2D eigenvalue weighted by atomic mass is 16.8. The first-order valence-electron chi connectivity index (χ1n) is 5.71. The van der Waals surface area contributed by atoms with Gasteiger partial charge in [0.2, 0.25) is 0 Å². The van der Waals surface area contributed by atoms with Crippen molar-refractivity contribution in [3.8, 4) is 0 Å². The van der Waals surface area contributed by atoms with Crippen LogP contribution in [0.3, 0.4) is 0 Å². The van der Waals surface area contributed by atoms with Gasteiger partial charge in [0, 0.05) is 32.9 Å². The van der Waals surface area contributed by atoms with Crippen molar-refractivity contribution in [3.05, 3.63) is 22.3 Å². The van der Waals surface area contributed by atoms with Crippen LogP contribution in [0.4, 0.5) is 0 Å². The monoisotopic (exact) mass is 303 g/mol. The van der Waals surface area contributed by atoms with E-state index in [0.29, 0.717) is 0 Å². The van der Waals surface area contributed by atoms with Crippen LogP contribution >= 0.6 is 0 Å². The number of rotatable bonds is 5. The van der Waals surface area contributed by atoms with Crippen LogP contribution in [0.15, 0.2) is 12.2 Å². The van der Waals surface area contributed by atoms with Gasteiger partial charge in [-0.25, -0.2) is 0 Å². The van der Waals surface area contributed by atoms with E-state index in [1.165, 1.54) is 0 Å². The van der Waals surface area contributed by atoms with Crippen LogP contribution in [0.2, 0.25) is 0 Å². The maximum atomic E-state index is 11.2. The second-order valence-corrected chi connectivity index (χ2v) is 4.02. The number of carbonyl (C=O) groups excluding carboxylic acids is 3. The first kappa shape index (κ1) is 16.6. The Balaban J connectivity index is 3.11. The van der Waals surface area contributed by atoms with E-state index in [2.05, 4.69) is 0 Å². The molecule has 0 spiro atoms. The smallest absolute Gasteiger partial charge is 0.339 e. The van der Waals surface area contributed by atoms with Gasteiger partial charge in [-0.3, -0.25) is 29.2 Å². The second kappa shape index (κ2) is 6.31. The Hall–Kier alpha value is -2.49. The summed E-state index contributed by atoms with van der Waals surface area (Å²) in [6.45, 7) is 3.04. The molecule has 0 radical (unpaired) electrons. The minimum absolute atomic E-state index is 0.805. The molecule has 0 aliphatic carbocycles. The molecule has 0 saturated heterocycles. The molecule has 0 amide bonds. The maximum Gasteiger partial charge on any atom is 0.339 e. The fourth-order valence-electron chi connectivity index (χ4n) is 1.55. The van der Waals surface area contributed by atoms with Crippen molar-refractivity contribution in [2.75, 3.05) is 0 Å². The minimum Gasteiger partial charge on any atom is -0.421 e. The molecule has 0 saturated carbocycles. The summed E-state index contributed by atoms with van der Waals surface area (Å²) in [6.07, 6.45) is -1.49. The molecule has 0 aromatic heterocycles. The van der Waals surface area contributed by atoms with Crippen molar-refractivity contribution in [2.24, 2.45) is 0 Å². The van der Waals surface area contributed by atoms with Gasteiger partial charge in [-0.05, 0) is 0 Å². The third-order valence-electron chi connectivity index (χ3n) is 2.18. The SMILES string of the molecule is CC(=O)OC(OC(C)=O)C1(OC(C)=O)C=CC([N+](=O)[O-])O1. The Labute approximate surface area is 118 Å². The Morgan fingerprint density at radius 1 is 1.19 bits per heavy atom. The van der Waals surface area contributed by atoms with Gasteiger partial charge >= 0.3 is 36.2 Å². The van der Waals surface area contributed by atoms with Gasteiger partial charge in [-0.2, -0.15) is 0 Å². The molecule has 2 atom stereocenters. The number of nitro groups is 1. The van der Waals surface area contributed by atoms with Crippen molar-refractivity contribution in [1.29, 1.82) is 0 Å². The molecule has 116 valence electrons. The van der Waals surface area contributed by atoms with Crippen molar-refractivity contribution in [1.82, 2.24) is 0 Å². The molecule has 0 bridgehead atoms. The van der Waals surface area contributed by atoms with Crippen LogP contribution in [0.25, 0.3) is 0 Å². The molecule has 0 N–H and O–H groups in total. The summed E-state index contributed by atoms with van der Waals surface area (Å²) in [5.74, 6) is -4.82. The number of hydrogen-bond donors (Lipinski definition) is 0. The number of nitrogens with zero attached hydrogens (tertiary/aromatic N) is 1. The van der Waals surface area contributed by atoms with Crippen molar-refractivity contribution in [3.63, 3.8) is 0 Å². The van der Waals surface area contributed by atoms with Crippen LogP contribution in [-0.2, 0) is 33.3 Å². The standard InChI is InChI=1S/C11H13NO9/c1-6(13)18-10(19-7(2)14)11(20-8(3)15)5-4-9(21-11)12(16)17/h4-5,9-10H,1-3H3. The average molecular weight is 303 g/mol. The van der Waals surface area contributed by atoms with E-state index in [9.17, 15) is 24.5 Å². The first-order valence-corrected chi connectivity index (χ1v) is 5.71. The van der Waals surface area contributed by atoms with Crippen molar-refractivity contribution in [2.45, 2.75) is 39.1 Å². The predicted molar refractivity (Wildman–Crippen MR) is 62.8 cm³/mol. The van der Waals surface area contributed by atoms with Crippen LogP contribution in [0.1, 0.15) is 20.8 Å². The quantitative estimate of drug-likeness (QED) is 0.224. The molecular formula is C11H13NO9. The molecule has 1 heterocycles. The van der Waals surface area contributed by atoms with E-state index in [1.54, 1.807) is 0 Å². The number of carbonyl (C=O) groups is 3. The Morgan fingerprint density at radius 2 is 1.71 bits per heavy atom. The third-order valence-corrected chi connectivity index (χ3v) is 2.18. The second-order valence-electron chi connectivity index (χ2n) is 4.02. The number of ether oxygens (including phenoxy) is 4. The Kier molecular flexibility index (Phi) is 4.97. The Bertz CT molecular complexity index is 484. The highest BCUT2D eigenvalue weighted by Crippen LogP contribution is 2.32. The normalized spacial score (nSPS) is 23.7. The van der Waals surface area contributed by atoms with Gasteiger partial charge in [-0.15, -0.1) is 0 Å². The molecule has 1 rings (SSSR count). The maximum absolute atomic E-state index is 11.2. The molecule has 0 fully saturated rings. The first-order chi connectivity index (χ1) is 9.66. The summed E-state index contributed by atoms with van der Waals surface area (Å²) >= 11 is 0. The minimum atomic E-state index is -2.21. The molecule has 2 unspecified atom stereocenters. The van der Waals surface area contributed by atoms with Gasteiger partial charge < -0.3 is 14.2 Å². The zero-order valence-electron chi connectivity index (χ0n) is 11.4. The zero-order chi connectivity index (χ0) is 16.2. The van der Waals surface area contributed by atoms with Gasteiger partial charge in [0.05, 0.1) is 4.92 Å². The van der Waals surface area contributed by atoms with Gasteiger partial charge in [-0.1, -0.05) is 0 Å². The number of esters is 3. The summed E-state index contributed by atoms with van der Waals surface area (Å²) in [7, 11) is 0. The van der Waals surface area contributed by atoms with Crippen molar-refractivity contribution < 1.29 is 38.3 Å². The van der Waals surface area contributed by atoms with Gasteiger partial charge in [0.25, 0.3) is 0 Å². The van der Waals surface area contributed by atoms with Gasteiger partial charge in [0.15, 0.2) is 0 Å². The molecule has 0 aromatic carbocycles. The van der Waals surface area contributed by atoms with E-state index in [0.717, 1.165) is 32.9 Å². The van der Waals surface area contributed by atoms with E-state index in [4.69, 9.17) is 18.9 Å². The lowest BCUT2D eigenvalue weighted by Crippen LogP contribution is -2.50. The summed E-state index contributed by atoms with van der Waals surface area (Å²) in [4.78, 5) is 43.2. The van der Waals surface area contributed by atoms with Crippen LogP contribution in [0.5, 0.6) is 0 Å². The fourth-order valence-corrected chi connectivity index (χ4v) is 1.55. The molecule has 1 aliphatic heterocycles. The third kappa shape index (κ3) is 4.24. The fraction of sp³-hybridized carbons (Fsp3) is 0.545. The summed E-state index contributed by atoms with van der Waals surface area (Å²) in [5, 5.41) is 10.7. The average Bonchev–Trinajstić information content (AvgIpc) is 2.71. The predicted octanol–water partition coefficient (Wildman–Crippen LogP) is -0.113. The van der Waals surface area contributed by atoms with Crippen molar-refractivity contribution >= 4 is 17.9 Å². The Morgan fingerprint density at radius 3 is 2.05 bits per heavy atom. The highest BCUT2D eigenvalue weighted by Gasteiger charge is 2.54. The zero-order valence-corrected chi connectivity index (χ0v) is 11.4. The molecule has 21 heavy (non-hydrogen) atoms. The number of hydrogen-bond acceptors (Lipinski definition) is 9. The van der Waals surface area contributed by atoms with Gasteiger partial charge in [0.1, 0.15) is 0 Å². The largest absolute Gasteiger partial charge is 0.421 e. The summed E-state index contributed by atoms with van der Waals surface area (Å²) < 4.78 is 19.3. The lowest BCUT2D eigenvalue weighted by Gasteiger charge is -2.32. The van der Waals surface area contributed by atoms with E-state index < -0.39 is 41.1 Å². The summed E-state index contributed by atoms with van der Waals surface area (Å²) in [6, 6.07) is 0. The topological polar surface area (TPSA) is 131 Å². The molecule has 10 nitrogen and oxygen atoms in total. The van der Waals surface area contributed by atoms with E-state index in [-0.39, 0.29) is 0 Å². The lowest BCUT2D eigenvalue weighted by atomic mass is 10.2.